The molecule has 1 fully saturated rings. The fourth-order valence-corrected chi connectivity index (χ4v) is 3.89. The summed E-state index contributed by atoms with van der Waals surface area (Å²) in [5.41, 5.74) is 0.650. The van der Waals surface area contributed by atoms with E-state index in [1.807, 2.05) is 0 Å². The minimum atomic E-state index is -1.04. The van der Waals surface area contributed by atoms with Crippen LogP contribution in [-0.2, 0) is 0 Å². The van der Waals surface area contributed by atoms with Crippen LogP contribution in [-0.4, -0.2) is 42.1 Å². The normalized spacial score (nSPS) is 26.0. The molecule has 1 aliphatic heterocycles. The van der Waals surface area contributed by atoms with Crippen molar-refractivity contribution in [1.82, 2.24) is 0 Å². The summed E-state index contributed by atoms with van der Waals surface area (Å²) in [6.45, 7) is 2.27. The summed E-state index contributed by atoms with van der Waals surface area (Å²) in [4.78, 5) is 11.3. The quantitative estimate of drug-likeness (QED) is 0.662. The molecule has 6 nitrogen and oxygen atoms in total. The minimum Gasteiger partial charge on any atom is -0.633 e. The van der Waals surface area contributed by atoms with Crippen LogP contribution < -0.4 is 9.47 Å². The summed E-state index contributed by atoms with van der Waals surface area (Å²) >= 11 is 6.20. The van der Waals surface area contributed by atoms with E-state index in [1.165, 1.54) is 6.07 Å². The molecule has 1 aromatic rings. The Morgan fingerprint density at radius 1 is 1.38 bits per heavy atom. The Morgan fingerprint density at radius 3 is 2.50 bits per heavy atom. The molecule has 0 atom stereocenters. The van der Waals surface area contributed by atoms with Crippen molar-refractivity contribution >= 4 is 17.6 Å². The summed E-state index contributed by atoms with van der Waals surface area (Å²) in [5, 5.41) is 21.4. The molecule has 3 rings (SSSR count). The van der Waals surface area contributed by atoms with Gasteiger partial charge in [-0.25, -0.2) is 4.79 Å². The molecule has 1 saturated carbocycles. The van der Waals surface area contributed by atoms with Gasteiger partial charge in [0, 0.05) is 24.3 Å². The smallest absolute Gasteiger partial charge is 0.336 e. The number of carboxylic acids is 1. The van der Waals surface area contributed by atoms with Crippen molar-refractivity contribution in [3.63, 3.8) is 0 Å². The average molecular weight is 356 g/mol. The van der Waals surface area contributed by atoms with Gasteiger partial charge >= 0.3 is 5.97 Å². The van der Waals surface area contributed by atoms with Crippen molar-refractivity contribution in [2.24, 2.45) is 5.92 Å². The molecular formula is C17H22ClNO5. The first kappa shape index (κ1) is 17.3. The van der Waals surface area contributed by atoms with E-state index in [0.29, 0.717) is 42.4 Å². The Bertz CT molecular complexity index is 675. The van der Waals surface area contributed by atoms with Crippen LogP contribution in [0.3, 0.4) is 0 Å². The maximum Gasteiger partial charge on any atom is 0.336 e. The number of nitrogens with zero attached hydrogens (tertiary/aromatic N) is 1. The van der Waals surface area contributed by atoms with Crippen LogP contribution >= 0.6 is 11.6 Å². The first-order valence-corrected chi connectivity index (χ1v) is 8.46. The van der Waals surface area contributed by atoms with Crippen molar-refractivity contribution in [3.8, 4) is 11.5 Å². The van der Waals surface area contributed by atoms with Crippen molar-refractivity contribution < 1.29 is 24.0 Å². The Labute approximate surface area is 146 Å². The largest absolute Gasteiger partial charge is 0.633 e. The van der Waals surface area contributed by atoms with Gasteiger partial charge in [-0.05, 0) is 25.8 Å². The molecule has 0 aromatic heterocycles. The third-order valence-corrected chi connectivity index (χ3v) is 5.09. The second kappa shape index (κ2) is 5.79. The standard InChI is InChI=1S/C17H22ClNO5/c1-10-12(16(20)21)8-13(18)15-14(10)23-17(24-15)6-4-11(5-7-17)9-19(2,3)22/h8,11H,4-7,9H2,1-3H3,(H,20,21). The second-order valence-electron chi connectivity index (χ2n) is 7.31. The van der Waals surface area contributed by atoms with E-state index in [4.69, 9.17) is 21.1 Å². The lowest BCUT2D eigenvalue weighted by Gasteiger charge is -2.41. The number of benzene rings is 1. The van der Waals surface area contributed by atoms with Crippen molar-refractivity contribution in [2.45, 2.75) is 38.4 Å². The molecule has 7 heteroatoms. The fourth-order valence-electron chi connectivity index (χ4n) is 3.66. The summed E-state index contributed by atoms with van der Waals surface area (Å²) in [7, 11) is 3.30. The molecular weight excluding hydrogens is 334 g/mol. The van der Waals surface area contributed by atoms with E-state index in [9.17, 15) is 15.1 Å². The number of ether oxygens (including phenoxy) is 2. The summed E-state index contributed by atoms with van der Waals surface area (Å²) < 4.78 is 11.8. The van der Waals surface area contributed by atoms with Crippen LogP contribution in [0.4, 0.5) is 0 Å². The highest BCUT2D eigenvalue weighted by atomic mass is 35.5. The van der Waals surface area contributed by atoms with E-state index >= 15 is 0 Å². The molecule has 0 radical (unpaired) electrons. The lowest BCUT2D eigenvalue weighted by atomic mass is 9.85. The third-order valence-electron chi connectivity index (χ3n) is 4.81. The molecule has 1 spiro atoms. The summed E-state index contributed by atoms with van der Waals surface area (Å²) in [6, 6.07) is 1.41. The molecule has 0 amide bonds. The molecule has 0 saturated heterocycles. The number of rotatable bonds is 3. The Balaban J connectivity index is 1.79. The maximum atomic E-state index is 11.9. The molecule has 0 bridgehead atoms. The summed E-state index contributed by atoms with van der Waals surface area (Å²) in [6.07, 6.45) is 2.98. The molecule has 2 aliphatic rings. The number of carbonyl (C=O) groups is 1. The van der Waals surface area contributed by atoms with Gasteiger partial charge in [-0.1, -0.05) is 11.6 Å². The molecule has 0 unspecified atom stereocenters. The number of halogens is 1. The SMILES string of the molecule is Cc1c(C(=O)O)cc(Cl)c2c1OC1(CCC(C[N+](C)(C)[O-])CC1)O2. The number of fused-ring (bicyclic) bond motifs is 1. The predicted octanol–water partition coefficient (Wildman–Crippen LogP) is 3.58. The molecule has 1 heterocycles. The first-order chi connectivity index (χ1) is 11.1. The lowest BCUT2D eigenvalue weighted by Crippen LogP contribution is -2.45. The zero-order valence-electron chi connectivity index (χ0n) is 14.1. The number of hydrogen-bond donors (Lipinski definition) is 1. The van der Waals surface area contributed by atoms with E-state index in [-0.39, 0.29) is 15.2 Å². The van der Waals surface area contributed by atoms with Gasteiger partial charge in [0.15, 0.2) is 11.5 Å². The highest BCUT2D eigenvalue weighted by Gasteiger charge is 2.47. The van der Waals surface area contributed by atoms with E-state index in [1.54, 1.807) is 21.0 Å². The van der Waals surface area contributed by atoms with Crippen molar-refractivity contribution in [1.29, 1.82) is 0 Å². The predicted molar refractivity (Wildman–Crippen MR) is 89.4 cm³/mol. The number of carboxylic acid groups (broad SMARTS) is 1. The Kier molecular flexibility index (Phi) is 4.18. The van der Waals surface area contributed by atoms with Crippen LogP contribution in [0.1, 0.15) is 41.6 Å². The Morgan fingerprint density at radius 2 is 1.96 bits per heavy atom. The van der Waals surface area contributed by atoms with Gasteiger partial charge in [0.25, 0.3) is 5.79 Å². The van der Waals surface area contributed by atoms with Gasteiger partial charge in [0.1, 0.15) is 0 Å². The number of hydroxylamine groups is 3. The van der Waals surface area contributed by atoms with Gasteiger partial charge < -0.3 is 24.4 Å². The number of quaternary nitrogens is 1. The summed E-state index contributed by atoms with van der Waals surface area (Å²) in [5.74, 6) is -0.633. The third kappa shape index (κ3) is 3.18. The molecule has 24 heavy (non-hydrogen) atoms. The van der Waals surface area contributed by atoms with Gasteiger partial charge in [-0.2, -0.15) is 0 Å². The van der Waals surface area contributed by atoms with Crippen LogP contribution in [0.5, 0.6) is 11.5 Å². The van der Waals surface area contributed by atoms with E-state index < -0.39 is 11.8 Å². The average Bonchev–Trinajstić information content (AvgIpc) is 2.84. The molecule has 1 N–H and O–H groups in total. The first-order valence-electron chi connectivity index (χ1n) is 8.09. The monoisotopic (exact) mass is 355 g/mol. The van der Waals surface area contributed by atoms with Crippen LogP contribution in [0.15, 0.2) is 6.07 Å². The van der Waals surface area contributed by atoms with Crippen molar-refractivity contribution in [3.05, 3.63) is 27.4 Å². The molecule has 1 aliphatic carbocycles. The molecule has 1 aromatic carbocycles. The van der Waals surface area contributed by atoms with E-state index in [0.717, 1.165) is 12.8 Å². The van der Waals surface area contributed by atoms with Crippen molar-refractivity contribution in [2.75, 3.05) is 20.6 Å². The minimum absolute atomic E-state index is 0.124. The zero-order valence-corrected chi connectivity index (χ0v) is 14.9. The fraction of sp³-hybridized carbons (Fsp3) is 0.588. The van der Waals surface area contributed by atoms with Crippen LogP contribution in [0.2, 0.25) is 5.02 Å². The topological polar surface area (TPSA) is 78.8 Å². The maximum absolute atomic E-state index is 11.9. The zero-order chi connectivity index (χ0) is 17.7. The highest BCUT2D eigenvalue weighted by Crippen LogP contribution is 2.52. The van der Waals surface area contributed by atoms with Gasteiger partial charge in [-0.3, -0.25) is 0 Å². The van der Waals surface area contributed by atoms with Gasteiger partial charge in [0.05, 0.1) is 31.2 Å². The lowest BCUT2D eigenvalue weighted by molar-refractivity contribution is -0.844. The van der Waals surface area contributed by atoms with Gasteiger partial charge in [0.2, 0.25) is 0 Å². The molecule has 132 valence electrons. The van der Waals surface area contributed by atoms with E-state index in [2.05, 4.69) is 0 Å². The van der Waals surface area contributed by atoms with Crippen LogP contribution in [0.25, 0.3) is 0 Å². The number of aromatic carboxylic acids is 1. The number of hydrogen-bond acceptors (Lipinski definition) is 4. The highest BCUT2D eigenvalue weighted by molar-refractivity contribution is 6.32. The second-order valence-corrected chi connectivity index (χ2v) is 7.72. The van der Waals surface area contributed by atoms with Crippen LogP contribution in [0, 0.1) is 18.0 Å². The Hall–Kier alpha value is -1.50. The van der Waals surface area contributed by atoms with Gasteiger partial charge in [-0.15, -0.1) is 0 Å².